The van der Waals surface area contributed by atoms with Gasteiger partial charge in [-0.2, -0.15) is 16.9 Å². The molecule has 0 aliphatic carbocycles. The number of thioether (sulfide) groups is 1. The van der Waals surface area contributed by atoms with E-state index in [0.717, 1.165) is 80.4 Å². The number of hydrogen-bond donors (Lipinski definition) is 0. The maximum absolute atomic E-state index is 12.5. The summed E-state index contributed by atoms with van der Waals surface area (Å²) < 4.78 is 7.34. The topological polar surface area (TPSA) is 47.4 Å². The summed E-state index contributed by atoms with van der Waals surface area (Å²) in [5.41, 5.74) is 5.06. The van der Waals surface area contributed by atoms with Gasteiger partial charge in [0.1, 0.15) is 5.75 Å². The summed E-state index contributed by atoms with van der Waals surface area (Å²) in [6, 6.07) is 8.86. The number of likely N-dealkylation sites (tertiary alicyclic amines) is 1. The number of rotatable bonds is 5. The van der Waals surface area contributed by atoms with Gasteiger partial charge in [0.05, 0.1) is 18.8 Å². The maximum atomic E-state index is 12.5. The number of aromatic nitrogens is 2. The first-order valence-corrected chi connectivity index (χ1v) is 11.6. The lowest BCUT2D eigenvalue weighted by molar-refractivity contribution is 0.226. The zero-order chi connectivity index (χ0) is 18.9. The normalized spacial score (nSPS) is 21.4. The third-order valence-electron chi connectivity index (χ3n) is 6.23. The Balaban J connectivity index is 1.25. The van der Waals surface area contributed by atoms with Crippen LogP contribution in [0.2, 0.25) is 0 Å². The number of fused-ring (bicyclic) bond motifs is 2. The summed E-state index contributed by atoms with van der Waals surface area (Å²) >= 11 is 1.89. The molecule has 0 saturated carbocycles. The molecule has 5 rings (SSSR count). The third kappa shape index (κ3) is 3.72. The van der Waals surface area contributed by atoms with Gasteiger partial charge in [-0.05, 0) is 54.3 Å². The van der Waals surface area contributed by atoms with Gasteiger partial charge in [0, 0.05) is 37.2 Å². The summed E-state index contributed by atoms with van der Waals surface area (Å²) in [4.78, 5) is 15.1. The molecule has 1 aromatic heterocycles. The smallest absolute Gasteiger partial charge is 0.267 e. The molecule has 0 N–H and O–H groups in total. The second kappa shape index (κ2) is 7.91. The standard InChI is InChI=1S/C22H27N3O2S/c26-22-13-18-15-28-11-7-20(18)23-25(22)14-19-2-1-8-24(19)9-5-16-3-4-21-17(12-16)6-10-27-21/h3-4,12-13,19H,1-2,5-11,14-15H2. The Hall–Kier alpha value is -1.79. The van der Waals surface area contributed by atoms with Crippen molar-refractivity contribution in [3.63, 3.8) is 0 Å². The van der Waals surface area contributed by atoms with Gasteiger partial charge in [-0.25, -0.2) is 4.68 Å². The van der Waals surface area contributed by atoms with E-state index >= 15 is 0 Å². The lowest BCUT2D eigenvalue weighted by Gasteiger charge is -2.25. The number of ether oxygens (including phenoxy) is 1. The summed E-state index contributed by atoms with van der Waals surface area (Å²) in [7, 11) is 0. The van der Waals surface area contributed by atoms with Crippen LogP contribution in [0.5, 0.6) is 5.75 Å². The van der Waals surface area contributed by atoms with Gasteiger partial charge < -0.3 is 4.74 Å². The Morgan fingerprint density at radius 3 is 3.14 bits per heavy atom. The molecule has 3 aliphatic heterocycles. The van der Waals surface area contributed by atoms with Crippen molar-refractivity contribution in [3.8, 4) is 5.75 Å². The van der Waals surface area contributed by atoms with Crippen molar-refractivity contribution < 1.29 is 4.74 Å². The molecule has 2 aromatic rings. The Bertz CT molecular complexity index is 926. The predicted molar refractivity (Wildman–Crippen MR) is 112 cm³/mol. The van der Waals surface area contributed by atoms with Gasteiger partial charge in [-0.15, -0.1) is 0 Å². The third-order valence-corrected chi connectivity index (χ3v) is 7.24. The van der Waals surface area contributed by atoms with Crippen molar-refractivity contribution in [2.75, 3.05) is 25.4 Å². The molecular formula is C22H27N3O2S. The van der Waals surface area contributed by atoms with Crippen LogP contribution in [-0.2, 0) is 31.6 Å². The average molecular weight is 398 g/mol. The van der Waals surface area contributed by atoms with Crippen molar-refractivity contribution in [1.82, 2.24) is 14.7 Å². The summed E-state index contributed by atoms with van der Waals surface area (Å²) in [5, 5.41) is 4.72. The van der Waals surface area contributed by atoms with Crippen molar-refractivity contribution in [3.05, 3.63) is 57.0 Å². The molecule has 4 heterocycles. The number of aryl methyl sites for hydroxylation is 1. The monoisotopic (exact) mass is 397 g/mol. The molecule has 0 radical (unpaired) electrons. The molecule has 1 unspecified atom stereocenters. The molecule has 28 heavy (non-hydrogen) atoms. The fraction of sp³-hybridized carbons (Fsp3) is 0.545. The molecular weight excluding hydrogens is 370 g/mol. The van der Waals surface area contributed by atoms with Crippen molar-refractivity contribution >= 4 is 11.8 Å². The van der Waals surface area contributed by atoms with Crippen LogP contribution in [0.25, 0.3) is 0 Å². The highest BCUT2D eigenvalue weighted by Gasteiger charge is 2.26. The van der Waals surface area contributed by atoms with Crippen LogP contribution in [0.15, 0.2) is 29.1 Å². The van der Waals surface area contributed by atoms with E-state index in [-0.39, 0.29) is 5.56 Å². The molecule has 1 aromatic carbocycles. The zero-order valence-electron chi connectivity index (χ0n) is 16.2. The van der Waals surface area contributed by atoms with E-state index in [2.05, 4.69) is 23.1 Å². The van der Waals surface area contributed by atoms with E-state index in [9.17, 15) is 4.79 Å². The minimum atomic E-state index is 0.0618. The molecule has 0 amide bonds. The molecule has 1 fully saturated rings. The van der Waals surface area contributed by atoms with Crippen LogP contribution < -0.4 is 10.3 Å². The van der Waals surface area contributed by atoms with Gasteiger partial charge in [0.2, 0.25) is 0 Å². The van der Waals surface area contributed by atoms with E-state index in [4.69, 9.17) is 9.84 Å². The van der Waals surface area contributed by atoms with Gasteiger partial charge in [0.15, 0.2) is 0 Å². The van der Waals surface area contributed by atoms with Crippen molar-refractivity contribution in [2.45, 2.75) is 50.4 Å². The van der Waals surface area contributed by atoms with Gasteiger partial charge in [0.25, 0.3) is 5.56 Å². The quantitative estimate of drug-likeness (QED) is 0.776. The first kappa shape index (κ1) is 18.3. The molecule has 0 spiro atoms. The summed E-state index contributed by atoms with van der Waals surface area (Å²) in [6.07, 6.45) is 5.42. The zero-order valence-corrected chi connectivity index (χ0v) is 17.0. The average Bonchev–Trinajstić information content (AvgIpc) is 3.35. The molecule has 1 atom stereocenters. The Morgan fingerprint density at radius 2 is 2.18 bits per heavy atom. The van der Waals surface area contributed by atoms with Crippen molar-refractivity contribution in [2.24, 2.45) is 0 Å². The van der Waals surface area contributed by atoms with E-state index < -0.39 is 0 Å². The lowest BCUT2D eigenvalue weighted by atomic mass is 10.1. The second-order valence-corrected chi connectivity index (χ2v) is 9.17. The van der Waals surface area contributed by atoms with Crippen LogP contribution in [-0.4, -0.2) is 46.2 Å². The first-order valence-electron chi connectivity index (χ1n) is 10.4. The fourth-order valence-corrected chi connectivity index (χ4v) is 5.60. The second-order valence-electron chi connectivity index (χ2n) is 8.06. The molecule has 0 bridgehead atoms. The number of benzene rings is 1. The molecule has 6 heteroatoms. The summed E-state index contributed by atoms with van der Waals surface area (Å²) in [5.74, 6) is 3.10. The van der Waals surface area contributed by atoms with Gasteiger partial charge in [-0.3, -0.25) is 9.69 Å². The Kier molecular flexibility index (Phi) is 5.16. The van der Waals surface area contributed by atoms with Crippen LogP contribution in [0, 0.1) is 0 Å². The van der Waals surface area contributed by atoms with E-state index in [1.54, 1.807) is 4.68 Å². The molecule has 3 aliphatic rings. The molecule has 5 nitrogen and oxygen atoms in total. The van der Waals surface area contributed by atoms with Crippen LogP contribution >= 0.6 is 11.8 Å². The fourth-order valence-electron chi connectivity index (χ4n) is 4.65. The molecule has 148 valence electrons. The van der Waals surface area contributed by atoms with E-state index in [1.165, 1.54) is 17.5 Å². The minimum Gasteiger partial charge on any atom is -0.493 e. The van der Waals surface area contributed by atoms with Crippen LogP contribution in [0.3, 0.4) is 0 Å². The van der Waals surface area contributed by atoms with E-state index in [1.807, 2.05) is 17.8 Å². The highest BCUT2D eigenvalue weighted by molar-refractivity contribution is 7.98. The van der Waals surface area contributed by atoms with Crippen LogP contribution in [0.4, 0.5) is 0 Å². The first-order chi connectivity index (χ1) is 13.8. The minimum absolute atomic E-state index is 0.0618. The van der Waals surface area contributed by atoms with Gasteiger partial charge in [-0.1, -0.05) is 12.1 Å². The number of nitrogens with zero attached hydrogens (tertiary/aromatic N) is 3. The van der Waals surface area contributed by atoms with Crippen molar-refractivity contribution in [1.29, 1.82) is 0 Å². The van der Waals surface area contributed by atoms with Crippen LogP contribution in [0.1, 0.15) is 35.2 Å². The lowest BCUT2D eigenvalue weighted by Crippen LogP contribution is -2.38. The highest BCUT2D eigenvalue weighted by Crippen LogP contribution is 2.27. The summed E-state index contributed by atoms with van der Waals surface area (Å²) in [6.45, 7) is 3.70. The SMILES string of the molecule is O=c1cc2c(nn1CC1CCCN1CCc1ccc3c(c1)CCO3)CCSC2. The highest BCUT2D eigenvalue weighted by atomic mass is 32.2. The Morgan fingerprint density at radius 1 is 1.21 bits per heavy atom. The largest absolute Gasteiger partial charge is 0.493 e. The van der Waals surface area contributed by atoms with Gasteiger partial charge >= 0.3 is 0 Å². The predicted octanol–water partition coefficient (Wildman–Crippen LogP) is 2.67. The van der Waals surface area contributed by atoms with E-state index in [0.29, 0.717) is 6.04 Å². The Labute approximate surface area is 170 Å². The maximum Gasteiger partial charge on any atom is 0.267 e. The number of hydrogen-bond acceptors (Lipinski definition) is 5. The molecule has 1 saturated heterocycles.